The van der Waals surface area contributed by atoms with Gasteiger partial charge in [0, 0.05) is 19.1 Å². The summed E-state index contributed by atoms with van der Waals surface area (Å²) in [6.45, 7) is 4.42. The average Bonchev–Trinajstić information content (AvgIpc) is 2.52. The number of likely N-dealkylation sites (tertiary alicyclic amines) is 1. The van der Waals surface area contributed by atoms with Gasteiger partial charge in [0.2, 0.25) is 0 Å². The second kappa shape index (κ2) is 6.95. The Balaban J connectivity index is 1.51. The third-order valence-electron chi connectivity index (χ3n) is 4.49. The van der Waals surface area contributed by atoms with Crippen LogP contribution in [-0.4, -0.2) is 43.2 Å². The maximum atomic E-state index is 13.0. The molecule has 0 bridgehead atoms. The third-order valence-corrected chi connectivity index (χ3v) is 4.78. The fraction of sp³-hybridized carbons (Fsp3) is 0.625. The van der Waals surface area contributed by atoms with Gasteiger partial charge in [0.25, 0.3) is 0 Å². The lowest BCUT2D eigenvalue weighted by Gasteiger charge is -2.39. The summed E-state index contributed by atoms with van der Waals surface area (Å²) in [5, 5.41) is 3.77. The molecule has 116 valence electrons. The van der Waals surface area contributed by atoms with Gasteiger partial charge in [0.15, 0.2) is 0 Å². The van der Waals surface area contributed by atoms with Crippen molar-refractivity contribution in [3.63, 3.8) is 0 Å². The first kappa shape index (κ1) is 15.1. The largest absolute Gasteiger partial charge is 0.489 e. The average molecular weight is 313 g/mol. The Kier molecular flexibility index (Phi) is 4.99. The minimum Gasteiger partial charge on any atom is -0.489 e. The predicted octanol–water partition coefficient (Wildman–Crippen LogP) is 3.07. The first-order valence-electron chi connectivity index (χ1n) is 7.79. The highest BCUT2D eigenvalue weighted by molar-refractivity contribution is 6.32. The van der Waals surface area contributed by atoms with Gasteiger partial charge in [-0.25, -0.2) is 4.39 Å². The number of halogens is 2. The van der Waals surface area contributed by atoms with E-state index in [4.69, 9.17) is 16.3 Å². The molecular formula is C16H22ClFN2O. The highest BCUT2D eigenvalue weighted by Crippen LogP contribution is 2.28. The van der Waals surface area contributed by atoms with E-state index < -0.39 is 0 Å². The topological polar surface area (TPSA) is 24.5 Å². The van der Waals surface area contributed by atoms with E-state index in [1.54, 1.807) is 6.07 Å². The van der Waals surface area contributed by atoms with Crippen LogP contribution in [0.3, 0.4) is 0 Å². The fourth-order valence-corrected chi connectivity index (χ4v) is 3.49. The van der Waals surface area contributed by atoms with Crippen LogP contribution >= 0.6 is 11.6 Å². The van der Waals surface area contributed by atoms with Crippen LogP contribution < -0.4 is 10.1 Å². The highest BCUT2D eigenvalue weighted by atomic mass is 35.5. The van der Waals surface area contributed by atoms with Gasteiger partial charge in [-0.3, -0.25) is 0 Å². The molecule has 0 aromatic heterocycles. The van der Waals surface area contributed by atoms with Gasteiger partial charge in [0.1, 0.15) is 17.7 Å². The van der Waals surface area contributed by atoms with Crippen molar-refractivity contribution in [2.75, 3.05) is 26.2 Å². The summed E-state index contributed by atoms with van der Waals surface area (Å²) in [6, 6.07) is 5.05. The Bertz CT molecular complexity index is 471. The molecule has 0 spiro atoms. The molecule has 1 aromatic rings. The number of rotatable bonds is 3. The SMILES string of the molecule is Fc1ccc(OC2CCN(C3CCNCC3)CC2)c(Cl)c1. The van der Waals surface area contributed by atoms with Gasteiger partial charge in [0.05, 0.1) is 5.02 Å². The number of nitrogens with zero attached hydrogens (tertiary/aromatic N) is 1. The summed E-state index contributed by atoms with van der Waals surface area (Å²) in [6.07, 6.45) is 4.70. The molecule has 2 saturated heterocycles. The summed E-state index contributed by atoms with van der Waals surface area (Å²) in [4.78, 5) is 2.59. The van der Waals surface area contributed by atoms with E-state index in [0.717, 1.165) is 45.1 Å². The van der Waals surface area contributed by atoms with Crippen molar-refractivity contribution in [3.8, 4) is 5.75 Å². The Hall–Kier alpha value is -0.840. The van der Waals surface area contributed by atoms with Gasteiger partial charge >= 0.3 is 0 Å². The van der Waals surface area contributed by atoms with E-state index in [1.807, 2.05) is 0 Å². The van der Waals surface area contributed by atoms with Crippen LogP contribution in [0.1, 0.15) is 25.7 Å². The molecule has 2 fully saturated rings. The lowest BCUT2D eigenvalue weighted by molar-refractivity contribution is 0.0653. The van der Waals surface area contributed by atoms with Crippen molar-refractivity contribution in [2.45, 2.75) is 37.8 Å². The van der Waals surface area contributed by atoms with Crippen molar-refractivity contribution < 1.29 is 9.13 Å². The van der Waals surface area contributed by atoms with Gasteiger partial charge in [-0.2, -0.15) is 0 Å². The van der Waals surface area contributed by atoms with Crippen LogP contribution in [0, 0.1) is 5.82 Å². The van der Waals surface area contributed by atoms with E-state index >= 15 is 0 Å². The molecule has 3 nitrogen and oxygen atoms in total. The van der Waals surface area contributed by atoms with Crippen LogP contribution in [-0.2, 0) is 0 Å². The minimum absolute atomic E-state index is 0.186. The van der Waals surface area contributed by atoms with Crippen molar-refractivity contribution in [1.82, 2.24) is 10.2 Å². The zero-order valence-electron chi connectivity index (χ0n) is 12.2. The second-order valence-electron chi connectivity index (χ2n) is 5.91. The summed E-state index contributed by atoms with van der Waals surface area (Å²) < 4.78 is 19.0. The number of hydrogen-bond donors (Lipinski definition) is 1. The molecule has 21 heavy (non-hydrogen) atoms. The summed E-state index contributed by atoms with van der Waals surface area (Å²) in [5.41, 5.74) is 0. The zero-order chi connectivity index (χ0) is 14.7. The third kappa shape index (κ3) is 3.87. The van der Waals surface area contributed by atoms with Gasteiger partial charge in [-0.05, 0) is 57.0 Å². The number of benzene rings is 1. The molecule has 0 saturated carbocycles. The maximum Gasteiger partial charge on any atom is 0.138 e. The molecule has 5 heteroatoms. The van der Waals surface area contributed by atoms with E-state index in [1.165, 1.54) is 25.0 Å². The molecule has 0 radical (unpaired) electrons. The summed E-state index contributed by atoms with van der Waals surface area (Å²) in [5.74, 6) is 0.270. The van der Waals surface area contributed by atoms with Crippen LogP contribution in [0.5, 0.6) is 5.75 Å². The number of nitrogens with one attached hydrogen (secondary N) is 1. The monoisotopic (exact) mass is 312 g/mol. The van der Waals surface area contributed by atoms with E-state index in [0.29, 0.717) is 10.8 Å². The molecule has 0 amide bonds. The number of ether oxygens (including phenoxy) is 1. The second-order valence-corrected chi connectivity index (χ2v) is 6.32. The highest BCUT2D eigenvalue weighted by Gasteiger charge is 2.27. The Labute approximate surface area is 130 Å². The number of piperidine rings is 2. The normalized spacial score (nSPS) is 22.4. The smallest absolute Gasteiger partial charge is 0.138 e. The minimum atomic E-state index is -0.326. The molecule has 2 aliphatic heterocycles. The summed E-state index contributed by atoms with van der Waals surface area (Å²) >= 11 is 6.02. The zero-order valence-corrected chi connectivity index (χ0v) is 12.9. The van der Waals surface area contributed by atoms with E-state index in [2.05, 4.69) is 10.2 Å². The van der Waals surface area contributed by atoms with Gasteiger partial charge < -0.3 is 15.0 Å². The van der Waals surface area contributed by atoms with Crippen molar-refractivity contribution in [2.24, 2.45) is 0 Å². The molecule has 2 heterocycles. The first-order chi connectivity index (χ1) is 10.2. The standard InChI is InChI=1S/C16H22ClFN2O/c17-15-11-12(18)1-2-16(15)21-14-5-9-20(10-6-14)13-3-7-19-8-4-13/h1-2,11,13-14,19H,3-10H2. The Morgan fingerprint density at radius 1 is 1.14 bits per heavy atom. The van der Waals surface area contributed by atoms with Crippen LogP contribution in [0.25, 0.3) is 0 Å². The molecule has 1 aromatic carbocycles. The molecule has 1 N–H and O–H groups in total. The molecule has 0 atom stereocenters. The molecule has 3 rings (SSSR count). The summed E-state index contributed by atoms with van der Waals surface area (Å²) in [7, 11) is 0. The van der Waals surface area contributed by atoms with Crippen molar-refractivity contribution >= 4 is 11.6 Å². The quantitative estimate of drug-likeness (QED) is 0.928. The van der Waals surface area contributed by atoms with E-state index in [-0.39, 0.29) is 11.9 Å². The Morgan fingerprint density at radius 3 is 2.52 bits per heavy atom. The van der Waals surface area contributed by atoms with Crippen molar-refractivity contribution in [3.05, 3.63) is 29.0 Å². The lowest BCUT2D eigenvalue weighted by atomic mass is 10.00. The van der Waals surface area contributed by atoms with Crippen molar-refractivity contribution in [1.29, 1.82) is 0 Å². The van der Waals surface area contributed by atoms with Crippen LogP contribution in [0.15, 0.2) is 18.2 Å². The van der Waals surface area contributed by atoms with Crippen LogP contribution in [0.4, 0.5) is 4.39 Å². The first-order valence-corrected chi connectivity index (χ1v) is 8.16. The predicted molar refractivity (Wildman–Crippen MR) is 82.5 cm³/mol. The maximum absolute atomic E-state index is 13.0. The Morgan fingerprint density at radius 2 is 1.86 bits per heavy atom. The molecule has 2 aliphatic rings. The van der Waals surface area contributed by atoms with E-state index in [9.17, 15) is 4.39 Å². The number of hydrogen-bond acceptors (Lipinski definition) is 3. The van der Waals surface area contributed by atoms with Gasteiger partial charge in [-0.15, -0.1) is 0 Å². The molecule has 0 aliphatic carbocycles. The van der Waals surface area contributed by atoms with Crippen LogP contribution in [0.2, 0.25) is 5.02 Å². The fourth-order valence-electron chi connectivity index (χ4n) is 3.28. The van der Waals surface area contributed by atoms with Gasteiger partial charge in [-0.1, -0.05) is 11.6 Å². The molecule has 0 unspecified atom stereocenters. The lowest BCUT2D eigenvalue weighted by Crippen LogP contribution is -2.48. The molecular weight excluding hydrogens is 291 g/mol.